The van der Waals surface area contributed by atoms with Crippen molar-refractivity contribution in [2.24, 2.45) is 0 Å². The first-order valence-corrected chi connectivity index (χ1v) is 8.51. The second-order valence-electron chi connectivity index (χ2n) is 5.45. The number of anilines is 1. The van der Waals surface area contributed by atoms with Gasteiger partial charge in [-0.2, -0.15) is 5.26 Å². The van der Waals surface area contributed by atoms with Crippen molar-refractivity contribution < 1.29 is 9.90 Å². The topological polar surface area (TPSA) is 78.0 Å². The predicted octanol–water partition coefficient (Wildman–Crippen LogP) is 4.49. The van der Waals surface area contributed by atoms with Gasteiger partial charge in [-0.25, -0.2) is 0 Å². The van der Waals surface area contributed by atoms with Crippen LogP contribution in [0.4, 0.5) is 5.69 Å². The number of carbonyl (C=O) groups excluding carboxylic acids is 1. The Bertz CT molecular complexity index is 1010. The summed E-state index contributed by atoms with van der Waals surface area (Å²) in [6, 6.07) is 19.4. The van der Waals surface area contributed by atoms with Crippen molar-refractivity contribution in [1.29, 1.82) is 5.26 Å². The highest BCUT2D eigenvalue weighted by Gasteiger charge is 2.11. The summed E-state index contributed by atoms with van der Waals surface area (Å²) < 4.78 is 2.82. The van der Waals surface area contributed by atoms with Gasteiger partial charge in [-0.1, -0.05) is 22.0 Å². The number of nitrogens with zero attached hydrogens (tertiary/aromatic N) is 2. The number of amides is 1. The van der Waals surface area contributed by atoms with E-state index in [4.69, 9.17) is 0 Å². The third-order valence-electron chi connectivity index (χ3n) is 3.65. The van der Waals surface area contributed by atoms with Crippen molar-refractivity contribution in [2.45, 2.75) is 0 Å². The van der Waals surface area contributed by atoms with E-state index in [0.29, 0.717) is 11.4 Å². The predicted molar refractivity (Wildman–Crippen MR) is 104 cm³/mol. The fraction of sp³-hybridized carbons (Fsp3) is 0. The number of halogens is 1. The molecule has 5 nitrogen and oxygen atoms in total. The Hall–Kier alpha value is -3.30. The molecule has 0 atom stereocenters. The third-order valence-corrected chi connectivity index (χ3v) is 4.14. The normalized spacial score (nSPS) is 11.0. The number of rotatable bonds is 4. The second-order valence-corrected chi connectivity index (χ2v) is 6.37. The monoisotopic (exact) mass is 407 g/mol. The zero-order valence-electron chi connectivity index (χ0n) is 13.6. The minimum absolute atomic E-state index is 0.0204. The lowest BCUT2D eigenvalue weighted by Crippen LogP contribution is -2.13. The van der Waals surface area contributed by atoms with Gasteiger partial charge in [-0.05, 0) is 60.7 Å². The third kappa shape index (κ3) is 4.02. The molecule has 2 N–H and O–H groups in total. The molecule has 0 fully saturated rings. The summed E-state index contributed by atoms with van der Waals surface area (Å²) in [5.41, 5.74) is 2.09. The van der Waals surface area contributed by atoms with Crippen LogP contribution >= 0.6 is 15.9 Å². The molecule has 0 aliphatic carbocycles. The van der Waals surface area contributed by atoms with E-state index in [1.54, 1.807) is 12.1 Å². The van der Waals surface area contributed by atoms with E-state index in [1.807, 2.05) is 53.2 Å². The molecule has 0 unspecified atom stereocenters. The molecule has 26 heavy (non-hydrogen) atoms. The Balaban J connectivity index is 1.88. The molecule has 128 valence electrons. The van der Waals surface area contributed by atoms with Crippen molar-refractivity contribution in [3.05, 3.63) is 82.6 Å². The van der Waals surface area contributed by atoms with Gasteiger partial charge in [-0.3, -0.25) is 4.79 Å². The lowest BCUT2D eigenvalue weighted by atomic mass is 10.2. The Morgan fingerprint density at radius 3 is 2.62 bits per heavy atom. The van der Waals surface area contributed by atoms with Gasteiger partial charge in [0.2, 0.25) is 0 Å². The molecule has 0 spiro atoms. The molecule has 6 heteroatoms. The fourth-order valence-electron chi connectivity index (χ4n) is 2.41. The first kappa shape index (κ1) is 17.5. The van der Waals surface area contributed by atoms with Gasteiger partial charge in [0.25, 0.3) is 5.91 Å². The largest absolute Gasteiger partial charge is 0.508 e. The summed E-state index contributed by atoms with van der Waals surface area (Å²) in [6.45, 7) is 0. The first-order valence-electron chi connectivity index (χ1n) is 7.72. The summed E-state index contributed by atoms with van der Waals surface area (Å²) >= 11 is 3.44. The average molecular weight is 408 g/mol. The number of aromatic nitrogens is 1. The molecule has 0 saturated carbocycles. The number of benzene rings is 2. The van der Waals surface area contributed by atoms with Gasteiger partial charge in [0.1, 0.15) is 17.4 Å². The zero-order valence-corrected chi connectivity index (χ0v) is 15.1. The second kappa shape index (κ2) is 7.72. The number of hydrogen-bond acceptors (Lipinski definition) is 3. The quantitative estimate of drug-likeness (QED) is 0.379. The van der Waals surface area contributed by atoms with Gasteiger partial charge >= 0.3 is 0 Å². The van der Waals surface area contributed by atoms with Gasteiger partial charge in [0, 0.05) is 27.7 Å². The van der Waals surface area contributed by atoms with Crippen molar-refractivity contribution in [3.8, 4) is 17.5 Å². The smallest absolute Gasteiger partial charge is 0.266 e. The van der Waals surface area contributed by atoms with Crippen LogP contribution in [0.2, 0.25) is 0 Å². The maximum Gasteiger partial charge on any atom is 0.266 e. The molecule has 0 bridgehead atoms. The number of nitriles is 1. The van der Waals surface area contributed by atoms with E-state index < -0.39 is 5.91 Å². The lowest BCUT2D eigenvalue weighted by molar-refractivity contribution is -0.112. The minimum atomic E-state index is -0.514. The Morgan fingerprint density at radius 1 is 1.15 bits per heavy atom. The van der Waals surface area contributed by atoms with Crippen LogP contribution < -0.4 is 5.32 Å². The van der Waals surface area contributed by atoms with Crippen LogP contribution in [0, 0.1) is 11.3 Å². The standard InChI is InChI=1S/C20H14BrN3O2/c21-15-3-1-4-18(12-15)24-10-2-5-17(24)11-14(13-22)20(26)23-16-6-8-19(25)9-7-16/h1-12,25H,(H,23,26)/b14-11-. The zero-order chi connectivity index (χ0) is 18.5. The van der Waals surface area contributed by atoms with E-state index in [-0.39, 0.29) is 11.3 Å². The summed E-state index contributed by atoms with van der Waals surface area (Å²) in [5, 5.41) is 21.3. The Morgan fingerprint density at radius 2 is 1.92 bits per heavy atom. The van der Waals surface area contributed by atoms with E-state index in [2.05, 4.69) is 21.2 Å². The molecule has 3 aromatic rings. The van der Waals surface area contributed by atoms with E-state index in [0.717, 1.165) is 10.2 Å². The van der Waals surface area contributed by atoms with E-state index in [9.17, 15) is 15.2 Å². The Labute approximate surface area is 159 Å². The molecule has 1 aromatic heterocycles. The molecule has 0 aliphatic heterocycles. The number of phenols is 1. The first-order chi connectivity index (χ1) is 12.6. The molecular weight excluding hydrogens is 394 g/mol. The molecule has 1 heterocycles. The van der Waals surface area contributed by atoms with Crippen LogP contribution in [0.5, 0.6) is 5.75 Å². The van der Waals surface area contributed by atoms with Crippen LogP contribution in [-0.2, 0) is 4.79 Å². The SMILES string of the molecule is N#C/C(=C/c1cccn1-c1cccc(Br)c1)C(=O)Nc1ccc(O)cc1. The van der Waals surface area contributed by atoms with Gasteiger partial charge in [-0.15, -0.1) is 0 Å². The highest BCUT2D eigenvalue weighted by atomic mass is 79.9. The molecule has 0 saturated heterocycles. The molecule has 1 amide bonds. The molecule has 2 aromatic carbocycles. The number of hydrogen-bond donors (Lipinski definition) is 2. The number of aromatic hydroxyl groups is 1. The van der Waals surface area contributed by atoms with Crippen LogP contribution in [0.3, 0.4) is 0 Å². The van der Waals surface area contributed by atoms with Crippen LogP contribution in [0.15, 0.2) is 76.9 Å². The lowest BCUT2D eigenvalue weighted by Gasteiger charge is -2.08. The van der Waals surface area contributed by atoms with Crippen molar-refractivity contribution >= 4 is 33.6 Å². The van der Waals surface area contributed by atoms with Gasteiger partial charge < -0.3 is 15.0 Å². The maximum atomic E-state index is 12.4. The van der Waals surface area contributed by atoms with E-state index >= 15 is 0 Å². The Kier molecular flexibility index (Phi) is 5.20. The maximum absolute atomic E-state index is 12.4. The number of carbonyl (C=O) groups is 1. The van der Waals surface area contributed by atoms with Crippen LogP contribution in [-0.4, -0.2) is 15.6 Å². The van der Waals surface area contributed by atoms with Crippen molar-refractivity contribution in [1.82, 2.24) is 4.57 Å². The van der Waals surface area contributed by atoms with Crippen molar-refractivity contribution in [3.63, 3.8) is 0 Å². The molecule has 0 radical (unpaired) electrons. The van der Waals surface area contributed by atoms with Crippen LogP contribution in [0.25, 0.3) is 11.8 Å². The van der Waals surface area contributed by atoms with E-state index in [1.165, 1.54) is 18.2 Å². The van der Waals surface area contributed by atoms with Gasteiger partial charge in [0.05, 0.1) is 0 Å². The average Bonchev–Trinajstić information content (AvgIpc) is 3.09. The van der Waals surface area contributed by atoms with Crippen molar-refractivity contribution in [2.75, 3.05) is 5.32 Å². The summed E-state index contributed by atoms with van der Waals surface area (Å²) in [6.07, 6.45) is 3.40. The highest BCUT2D eigenvalue weighted by molar-refractivity contribution is 9.10. The summed E-state index contributed by atoms with van der Waals surface area (Å²) in [4.78, 5) is 12.4. The number of nitrogens with one attached hydrogen (secondary N) is 1. The fourth-order valence-corrected chi connectivity index (χ4v) is 2.80. The minimum Gasteiger partial charge on any atom is -0.508 e. The molecule has 0 aliphatic rings. The summed E-state index contributed by atoms with van der Waals surface area (Å²) in [5.74, 6) is -0.411. The number of phenolic OH excluding ortho intramolecular Hbond substituents is 1. The highest BCUT2D eigenvalue weighted by Crippen LogP contribution is 2.20. The van der Waals surface area contributed by atoms with Crippen LogP contribution in [0.1, 0.15) is 5.69 Å². The van der Waals surface area contributed by atoms with Gasteiger partial charge in [0.15, 0.2) is 0 Å². The molecular formula is C20H14BrN3O2. The summed E-state index contributed by atoms with van der Waals surface area (Å²) in [7, 11) is 0. The molecule has 3 rings (SSSR count).